The van der Waals surface area contributed by atoms with Crippen LogP contribution in [0.1, 0.15) is 30.8 Å². The van der Waals surface area contributed by atoms with Crippen LogP contribution in [-0.2, 0) is 14.8 Å². The van der Waals surface area contributed by atoms with Gasteiger partial charge in [0, 0.05) is 33.3 Å². The van der Waals surface area contributed by atoms with E-state index in [2.05, 4.69) is 5.32 Å². The Bertz CT molecular complexity index is 1000. The molecule has 0 saturated carbocycles. The first-order valence-corrected chi connectivity index (χ1v) is 11.1. The molecule has 0 spiro atoms. The Kier molecular flexibility index (Phi) is 6.44. The Morgan fingerprint density at radius 1 is 1.14 bits per heavy atom. The van der Waals surface area contributed by atoms with Crippen LogP contribution in [0.25, 0.3) is 6.08 Å². The van der Waals surface area contributed by atoms with Crippen molar-refractivity contribution in [3.05, 3.63) is 47.9 Å². The average molecular weight is 418 g/mol. The molecular formula is C21H27N3O4S. The molecule has 7 nitrogen and oxygen atoms in total. The van der Waals surface area contributed by atoms with Gasteiger partial charge in [-0.05, 0) is 56.2 Å². The highest BCUT2D eigenvalue weighted by Crippen LogP contribution is 2.30. The molecule has 1 aromatic carbocycles. The number of hydrogen-bond donors (Lipinski definition) is 1. The third-order valence-corrected chi connectivity index (χ3v) is 6.72. The number of piperidine rings is 1. The molecule has 0 radical (unpaired) electrons. The quantitative estimate of drug-likeness (QED) is 0.728. The fourth-order valence-corrected chi connectivity index (χ4v) is 4.84. The molecule has 29 heavy (non-hydrogen) atoms. The van der Waals surface area contributed by atoms with Crippen LogP contribution in [0.5, 0.6) is 0 Å². The Balaban J connectivity index is 1.85. The number of rotatable bonds is 6. The molecule has 0 unspecified atom stereocenters. The average Bonchev–Trinajstić information content (AvgIpc) is 3.12. The minimum Gasteiger partial charge on any atom is -0.462 e. The van der Waals surface area contributed by atoms with Crippen molar-refractivity contribution in [3.63, 3.8) is 0 Å². The maximum Gasteiger partial charge on any atom is 0.248 e. The lowest BCUT2D eigenvalue weighted by Gasteiger charge is -2.26. The van der Waals surface area contributed by atoms with Gasteiger partial charge in [-0.1, -0.05) is 6.42 Å². The predicted octanol–water partition coefficient (Wildman–Crippen LogP) is 3.48. The normalized spacial score (nSPS) is 15.6. The Morgan fingerprint density at radius 3 is 2.48 bits per heavy atom. The fourth-order valence-electron chi connectivity index (χ4n) is 3.30. The van der Waals surface area contributed by atoms with Gasteiger partial charge < -0.3 is 14.6 Å². The van der Waals surface area contributed by atoms with E-state index in [-0.39, 0.29) is 10.8 Å². The maximum atomic E-state index is 13.0. The molecule has 1 fully saturated rings. The molecule has 0 aliphatic carbocycles. The second-order valence-corrected chi connectivity index (χ2v) is 9.25. The zero-order valence-corrected chi connectivity index (χ0v) is 17.8. The summed E-state index contributed by atoms with van der Waals surface area (Å²) >= 11 is 0. The number of carbonyl (C=O) groups excluding carboxylic acids is 1. The second kappa shape index (κ2) is 8.84. The SMILES string of the molecule is Cc1ccc(/C=C/C(=O)Nc2cc(S(=O)(=O)N3CCCCC3)ccc2N(C)C)o1. The van der Waals surface area contributed by atoms with E-state index in [0.717, 1.165) is 30.7 Å². The van der Waals surface area contributed by atoms with Crippen molar-refractivity contribution >= 4 is 33.4 Å². The van der Waals surface area contributed by atoms with Crippen molar-refractivity contribution in [3.8, 4) is 0 Å². The maximum absolute atomic E-state index is 13.0. The van der Waals surface area contributed by atoms with E-state index in [9.17, 15) is 13.2 Å². The van der Waals surface area contributed by atoms with Gasteiger partial charge in [0.15, 0.2) is 0 Å². The highest BCUT2D eigenvalue weighted by Gasteiger charge is 2.26. The molecule has 1 aliphatic heterocycles. The zero-order chi connectivity index (χ0) is 21.0. The molecule has 0 bridgehead atoms. The summed E-state index contributed by atoms with van der Waals surface area (Å²) in [7, 11) is 0.0923. The van der Waals surface area contributed by atoms with E-state index in [1.807, 2.05) is 32.0 Å². The van der Waals surface area contributed by atoms with Gasteiger partial charge in [0.05, 0.1) is 16.3 Å². The van der Waals surface area contributed by atoms with E-state index in [4.69, 9.17) is 4.42 Å². The molecule has 1 N–H and O–H groups in total. The lowest BCUT2D eigenvalue weighted by molar-refractivity contribution is -0.111. The molecule has 3 rings (SSSR count). The summed E-state index contributed by atoms with van der Waals surface area (Å²) in [6.45, 7) is 2.89. The minimum absolute atomic E-state index is 0.186. The number of amides is 1. The molecular weight excluding hydrogens is 390 g/mol. The van der Waals surface area contributed by atoms with Gasteiger partial charge in [-0.3, -0.25) is 4.79 Å². The first kappa shape index (κ1) is 21.1. The van der Waals surface area contributed by atoms with Crippen molar-refractivity contribution in [2.24, 2.45) is 0 Å². The monoisotopic (exact) mass is 417 g/mol. The highest BCUT2D eigenvalue weighted by molar-refractivity contribution is 7.89. The van der Waals surface area contributed by atoms with Crippen molar-refractivity contribution in [2.45, 2.75) is 31.1 Å². The van der Waals surface area contributed by atoms with Crippen molar-refractivity contribution < 1.29 is 17.6 Å². The van der Waals surface area contributed by atoms with E-state index in [1.165, 1.54) is 16.4 Å². The molecule has 8 heteroatoms. The van der Waals surface area contributed by atoms with Crippen LogP contribution in [0, 0.1) is 6.92 Å². The van der Waals surface area contributed by atoms with Gasteiger partial charge in [0.25, 0.3) is 0 Å². The van der Waals surface area contributed by atoms with E-state index < -0.39 is 10.0 Å². The van der Waals surface area contributed by atoms with Crippen molar-refractivity contribution in [2.75, 3.05) is 37.4 Å². The second-order valence-electron chi connectivity index (χ2n) is 7.31. The molecule has 1 aromatic heterocycles. The molecule has 1 aliphatic rings. The minimum atomic E-state index is -3.58. The topological polar surface area (TPSA) is 82.9 Å². The van der Waals surface area contributed by atoms with Crippen LogP contribution in [-0.4, -0.2) is 45.8 Å². The number of hydrogen-bond acceptors (Lipinski definition) is 5. The molecule has 2 aromatic rings. The Labute approximate surface area is 172 Å². The standard InChI is InChI=1S/C21H27N3O4S/c1-16-7-8-17(28-16)9-12-21(25)22-19-15-18(10-11-20(19)23(2)3)29(26,27)24-13-5-4-6-14-24/h7-12,15H,4-6,13-14H2,1-3H3,(H,22,25)/b12-9+. The smallest absolute Gasteiger partial charge is 0.248 e. The third kappa shape index (κ3) is 5.07. The predicted molar refractivity (Wildman–Crippen MR) is 114 cm³/mol. The van der Waals surface area contributed by atoms with E-state index in [0.29, 0.717) is 24.5 Å². The van der Waals surface area contributed by atoms with Crippen LogP contribution >= 0.6 is 0 Å². The van der Waals surface area contributed by atoms with E-state index >= 15 is 0 Å². The number of aryl methyl sites for hydroxylation is 1. The summed E-state index contributed by atoms with van der Waals surface area (Å²) in [6.07, 6.45) is 5.73. The highest BCUT2D eigenvalue weighted by atomic mass is 32.2. The largest absolute Gasteiger partial charge is 0.462 e. The number of sulfonamides is 1. The molecule has 1 amide bonds. The number of benzene rings is 1. The lowest BCUT2D eigenvalue weighted by Crippen LogP contribution is -2.35. The molecule has 156 valence electrons. The van der Waals surface area contributed by atoms with Crippen molar-refractivity contribution in [1.82, 2.24) is 4.31 Å². The van der Waals surface area contributed by atoms with Crippen LogP contribution in [0.2, 0.25) is 0 Å². The van der Waals surface area contributed by atoms with E-state index in [1.54, 1.807) is 24.3 Å². The number of nitrogens with zero attached hydrogens (tertiary/aromatic N) is 2. The van der Waals surface area contributed by atoms with Gasteiger partial charge in [0.1, 0.15) is 11.5 Å². The number of carbonyl (C=O) groups is 1. The first-order valence-electron chi connectivity index (χ1n) is 9.64. The van der Waals surface area contributed by atoms with Gasteiger partial charge in [-0.2, -0.15) is 4.31 Å². The summed E-state index contributed by atoms with van der Waals surface area (Å²) in [6, 6.07) is 8.43. The number of nitrogens with one attached hydrogen (secondary N) is 1. The number of anilines is 2. The molecule has 2 heterocycles. The zero-order valence-electron chi connectivity index (χ0n) is 17.0. The van der Waals surface area contributed by atoms with Crippen LogP contribution < -0.4 is 10.2 Å². The Morgan fingerprint density at radius 2 is 1.86 bits per heavy atom. The first-order chi connectivity index (χ1) is 13.8. The lowest BCUT2D eigenvalue weighted by atomic mass is 10.2. The summed E-state index contributed by atoms with van der Waals surface area (Å²) < 4.78 is 32.9. The van der Waals surface area contributed by atoms with Crippen LogP contribution in [0.15, 0.2) is 45.7 Å². The number of furan rings is 1. The van der Waals surface area contributed by atoms with Gasteiger partial charge in [0.2, 0.25) is 15.9 Å². The fraction of sp³-hybridized carbons (Fsp3) is 0.381. The van der Waals surface area contributed by atoms with Crippen LogP contribution in [0.3, 0.4) is 0 Å². The summed E-state index contributed by atoms with van der Waals surface area (Å²) in [4.78, 5) is 14.4. The van der Waals surface area contributed by atoms with Gasteiger partial charge in [-0.15, -0.1) is 0 Å². The van der Waals surface area contributed by atoms with Gasteiger partial charge >= 0.3 is 0 Å². The summed E-state index contributed by atoms with van der Waals surface area (Å²) in [5, 5.41) is 2.79. The summed E-state index contributed by atoms with van der Waals surface area (Å²) in [5.74, 6) is 0.970. The van der Waals surface area contributed by atoms with Crippen molar-refractivity contribution in [1.29, 1.82) is 0 Å². The molecule has 1 saturated heterocycles. The molecule has 0 atom stereocenters. The Hall–Kier alpha value is -2.58. The van der Waals surface area contributed by atoms with Crippen LogP contribution in [0.4, 0.5) is 11.4 Å². The van der Waals surface area contributed by atoms with Gasteiger partial charge in [-0.25, -0.2) is 8.42 Å². The third-order valence-electron chi connectivity index (χ3n) is 4.82. The summed E-state index contributed by atoms with van der Waals surface area (Å²) in [5.41, 5.74) is 1.16.